The Morgan fingerprint density at radius 2 is 1.84 bits per heavy atom. The van der Waals surface area contributed by atoms with Gasteiger partial charge in [0.2, 0.25) is 0 Å². The van der Waals surface area contributed by atoms with Gasteiger partial charge in [-0.25, -0.2) is 0 Å². The molecule has 0 fully saturated rings. The molecule has 0 aliphatic carbocycles. The van der Waals surface area contributed by atoms with Gasteiger partial charge in [0.1, 0.15) is 6.04 Å². The summed E-state index contributed by atoms with van der Waals surface area (Å²) in [6, 6.07) is 15.1. The minimum atomic E-state index is -0.459. The van der Waals surface area contributed by atoms with Crippen molar-refractivity contribution in [2.75, 3.05) is 0 Å². The van der Waals surface area contributed by atoms with Gasteiger partial charge in [-0.2, -0.15) is 5.26 Å². The number of nitrogens with one attached hydrogen (secondary N) is 1. The van der Waals surface area contributed by atoms with Crippen molar-refractivity contribution < 1.29 is 4.79 Å². The Balaban J connectivity index is 2.24. The number of fused-ring (bicyclic) bond motifs is 1. The van der Waals surface area contributed by atoms with Crippen LogP contribution >= 0.6 is 0 Å². The number of nitrogens with zero attached hydrogens (tertiary/aromatic N) is 1. The van der Waals surface area contributed by atoms with Gasteiger partial charge in [0.05, 0.1) is 6.07 Å². The molecular weight excluding hydrogens is 236 g/mol. The third-order valence-corrected chi connectivity index (χ3v) is 3.10. The second kappa shape index (κ2) is 5.53. The first kappa shape index (κ1) is 13.1. The van der Waals surface area contributed by atoms with Crippen molar-refractivity contribution in [2.45, 2.75) is 19.9 Å². The maximum atomic E-state index is 12.1. The van der Waals surface area contributed by atoms with Crippen LogP contribution in [0.15, 0.2) is 42.5 Å². The lowest BCUT2D eigenvalue weighted by Gasteiger charge is -2.15. The van der Waals surface area contributed by atoms with Crippen LogP contribution in [0.5, 0.6) is 0 Å². The number of carbonyl (C=O) groups is 1. The van der Waals surface area contributed by atoms with E-state index < -0.39 is 6.04 Å². The van der Waals surface area contributed by atoms with Gasteiger partial charge in [-0.05, 0) is 28.8 Å². The highest BCUT2D eigenvalue weighted by atomic mass is 16.1. The zero-order valence-electron chi connectivity index (χ0n) is 11.1. The predicted octanol–water partition coefficient (Wildman–Crippen LogP) is 3.12. The van der Waals surface area contributed by atoms with Crippen LogP contribution in [0.3, 0.4) is 0 Å². The van der Waals surface area contributed by atoms with E-state index in [1.165, 1.54) is 0 Å². The van der Waals surface area contributed by atoms with E-state index in [1.807, 2.05) is 50.2 Å². The summed E-state index contributed by atoms with van der Waals surface area (Å²) in [4.78, 5) is 12.1. The topological polar surface area (TPSA) is 52.9 Å². The molecule has 0 bridgehead atoms. The Hall–Kier alpha value is -2.34. The highest BCUT2D eigenvalue weighted by molar-refractivity contribution is 5.98. The van der Waals surface area contributed by atoms with Crippen LogP contribution in [0.1, 0.15) is 24.2 Å². The number of nitriles is 1. The summed E-state index contributed by atoms with van der Waals surface area (Å²) in [6.07, 6.45) is 0. The third-order valence-electron chi connectivity index (χ3n) is 3.10. The fourth-order valence-corrected chi connectivity index (χ4v) is 1.90. The first-order chi connectivity index (χ1) is 9.11. The monoisotopic (exact) mass is 252 g/mol. The number of benzene rings is 2. The summed E-state index contributed by atoms with van der Waals surface area (Å²) >= 11 is 0. The molecule has 0 heterocycles. The molecule has 1 atom stereocenters. The molecule has 2 aromatic rings. The standard InChI is InChI=1S/C16H16N2O/c1-11(2)15(10-17)18-16(19)14-8-7-12-5-3-4-6-13(12)9-14/h3-9,11,15H,1-2H3,(H,18,19). The van der Waals surface area contributed by atoms with Gasteiger partial charge in [0, 0.05) is 5.56 Å². The van der Waals surface area contributed by atoms with E-state index in [0.29, 0.717) is 5.56 Å². The number of rotatable bonds is 3. The van der Waals surface area contributed by atoms with E-state index in [9.17, 15) is 4.79 Å². The van der Waals surface area contributed by atoms with E-state index in [4.69, 9.17) is 5.26 Å². The van der Waals surface area contributed by atoms with Crippen molar-refractivity contribution >= 4 is 16.7 Å². The Bertz CT molecular complexity index is 640. The van der Waals surface area contributed by atoms with Crippen LogP contribution in [0, 0.1) is 17.2 Å². The largest absolute Gasteiger partial charge is 0.336 e. The zero-order chi connectivity index (χ0) is 13.8. The maximum absolute atomic E-state index is 12.1. The molecule has 1 N–H and O–H groups in total. The van der Waals surface area contributed by atoms with Gasteiger partial charge in [0.25, 0.3) is 5.91 Å². The molecule has 3 nitrogen and oxygen atoms in total. The molecule has 2 rings (SSSR count). The first-order valence-electron chi connectivity index (χ1n) is 6.31. The third kappa shape index (κ3) is 2.92. The fraction of sp³-hybridized carbons (Fsp3) is 0.250. The quantitative estimate of drug-likeness (QED) is 0.912. The molecular formula is C16H16N2O. The number of amides is 1. The summed E-state index contributed by atoms with van der Waals surface area (Å²) in [5.41, 5.74) is 0.583. The second-order valence-electron chi connectivity index (χ2n) is 4.89. The SMILES string of the molecule is CC(C)C(C#N)NC(=O)c1ccc2ccccc2c1. The number of hydrogen-bond donors (Lipinski definition) is 1. The number of carbonyl (C=O) groups excluding carboxylic acids is 1. The molecule has 3 heteroatoms. The molecule has 96 valence electrons. The second-order valence-corrected chi connectivity index (χ2v) is 4.89. The molecule has 2 aromatic carbocycles. The Kier molecular flexibility index (Phi) is 3.82. The molecule has 0 saturated carbocycles. The van der Waals surface area contributed by atoms with Gasteiger partial charge in [-0.1, -0.05) is 44.2 Å². The fourth-order valence-electron chi connectivity index (χ4n) is 1.90. The summed E-state index contributed by atoms with van der Waals surface area (Å²) in [5, 5.41) is 13.9. The lowest BCUT2D eigenvalue weighted by atomic mass is 10.0. The van der Waals surface area contributed by atoms with Crippen molar-refractivity contribution in [3.8, 4) is 6.07 Å². The molecule has 0 aliphatic rings. The lowest BCUT2D eigenvalue weighted by molar-refractivity contribution is 0.0938. The van der Waals surface area contributed by atoms with Crippen molar-refractivity contribution in [3.63, 3.8) is 0 Å². The molecule has 19 heavy (non-hydrogen) atoms. The van der Waals surface area contributed by atoms with Gasteiger partial charge < -0.3 is 5.32 Å². The normalized spacial score (nSPS) is 12.1. The average molecular weight is 252 g/mol. The molecule has 1 unspecified atom stereocenters. The number of hydrogen-bond acceptors (Lipinski definition) is 2. The van der Waals surface area contributed by atoms with E-state index in [0.717, 1.165) is 10.8 Å². The van der Waals surface area contributed by atoms with Crippen LogP contribution in [-0.2, 0) is 0 Å². The molecule has 0 aromatic heterocycles. The van der Waals surface area contributed by atoms with Crippen molar-refractivity contribution in [1.29, 1.82) is 5.26 Å². The van der Waals surface area contributed by atoms with E-state index in [1.54, 1.807) is 6.07 Å². The highest BCUT2D eigenvalue weighted by Crippen LogP contribution is 2.15. The summed E-state index contributed by atoms with van der Waals surface area (Å²) in [5.74, 6) is -0.111. The zero-order valence-corrected chi connectivity index (χ0v) is 11.1. The van der Waals surface area contributed by atoms with E-state index in [2.05, 4.69) is 11.4 Å². The minimum Gasteiger partial charge on any atom is -0.336 e. The van der Waals surface area contributed by atoms with Gasteiger partial charge >= 0.3 is 0 Å². The Labute approximate surface area is 112 Å². The smallest absolute Gasteiger partial charge is 0.252 e. The van der Waals surface area contributed by atoms with Crippen LogP contribution in [0.2, 0.25) is 0 Å². The van der Waals surface area contributed by atoms with Crippen molar-refractivity contribution in [3.05, 3.63) is 48.0 Å². The van der Waals surface area contributed by atoms with Crippen LogP contribution in [-0.4, -0.2) is 11.9 Å². The van der Waals surface area contributed by atoms with Crippen molar-refractivity contribution in [2.24, 2.45) is 5.92 Å². The average Bonchev–Trinajstić information content (AvgIpc) is 2.43. The molecule has 0 aliphatic heterocycles. The molecule has 1 amide bonds. The van der Waals surface area contributed by atoms with E-state index in [-0.39, 0.29) is 11.8 Å². The minimum absolute atomic E-state index is 0.0920. The first-order valence-corrected chi connectivity index (χ1v) is 6.31. The predicted molar refractivity (Wildman–Crippen MR) is 75.7 cm³/mol. The van der Waals surface area contributed by atoms with Crippen molar-refractivity contribution in [1.82, 2.24) is 5.32 Å². The highest BCUT2D eigenvalue weighted by Gasteiger charge is 2.16. The van der Waals surface area contributed by atoms with Crippen LogP contribution < -0.4 is 5.32 Å². The van der Waals surface area contributed by atoms with E-state index >= 15 is 0 Å². The summed E-state index contributed by atoms with van der Waals surface area (Å²) in [6.45, 7) is 3.82. The summed E-state index contributed by atoms with van der Waals surface area (Å²) < 4.78 is 0. The Morgan fingerprint density at radius 1 is 1.16 bits per heavy atom. The Morgan fingerprint density at radius 3 is 2.47 bits per heavy atom. The van der Waals surface area contributed by atoms with Crippen LogP contribution in [0.25, 0.3) is 10.8 Å². The van der Waals surface area contributed by atoms with Gasteiger partial charge in [0.15, 0.2) is 0 Å². The molecule has 0 saturated heterocycles. The van der Waals surface area contributed by atoms with Gasteiger partial charge in [-0.15, -0.1) is 0 Å². The maximum Gasteiger partial charge on any atom is 0.252 e. The lowest BCUT2D eigenvalue weighted by Crippen LogP contribution is -2.37. The van der Waals surface area contributed by atoms with Crippen LogP contribution in [0.4, 0.5) is 0 Å². The molecule has 0 radical (unpaired) electrons. The summed E-state index contributed by atoms with van der Waals surface area (Å²) in [7, 11) is 0. The molecule has 0 spiro atoms. The van der Waals surface area contributed by atoms with Gasteiger partial charge in [-0.3, -0.25) is 4.79 Å².